The monoisotopic (exact) mass is 360 g/mol. The Morgan fingerprint density at radius 1 is 0.923 bits per heavy atom. The summed E-state index contributed by atoms with van der Waals surface area (Å²) in [6.45, 7) is 13.8. The average molecular weight is 360 g/mol. The normalized spacial score (nSPS) is 11.9. The molecule has 2 aromatic heterocycles. The van der Waals surface area contributed by atoms with Crippen LogP contribution in [0.15, 0.2) is 12.2 Å². The van der Waals surface area contributed by atoms with Gasteiger partial charge in [0.25, 0.3) is 0 Å². The second-order valence-corrected chi connectivity index (χ2v) is 6.09. The van der Waals surface area contributed by atoms with Gasteiger partial charge in [-0.15, -0.1) is 0 Å². The van der Waals surface area contributed by atoms with E-state index in [1.807, 2.05) is 20.8 Å². The van der Waals surface area contributed by atoms with Gasteiger partial charge in [-0.1, -0.05) is 12.2 Å². The number of hydrogen-bond acceptors (Lipinski definition) is 9. The van der Waals surface area contributed by atoms with Gasteiger partial charge in [0.15, 0.2) is 11.6 Å². The lowest BCUT2D eigenvalue weighted by Crippen LogP contribution is -2.18. The van der Waals surface area contributed by atoms with E-state index in [0.717, 1.165) is 5.57 Å². The van der Waals surface area contributed by atoms with Crippen LogP contribution in [0.1, 0.15) is 27.7 Å². The molecule has 0 spiro atoms. The van der Waals surface area contributed by atoms with Crippen LogP contribution in [0.25, 0.3) is 11.0 Å². The Kier molecular flexibility index (Phi) is 6.90. The van der Waals surface area contributed by atoms with Gasteiger partial charge in [0.1, 0.15) is 11.0 Å². The fourth-order valence-corrected chi connectivity index (χ4v) is 2.22. The molecule has 0 amide bonds. The quantitative estimate of drug-likeness (QED) is 0.405. The van der Waals surface area contributed by atoms with Crippen molar-refractivity contribution in [3.8, 4) is 0 Å². The third kappa shape index (κ3) is 5.16. The van der Waals surface area contributed by atoms with Crippen LogP contribution in [-0.4, -0.2) is 57.3 Å². The van der Waals surface area contributed by atoms with Crippen molar-refractivity contribution in [1.82, 2.24) is 19.9 Å². The third-order valence-corrected chi connectivity index (χ3v) is 3.34. The summed E-state index contributed by atoms with van der Waals surface area (Å²) in [5, 5.41) is 22.1. The molecule has 1 atom stereocenters. The summed E-state index contributed by atoms with van der Waals surface area (Å²) in [5.41, 5.74) is 2.23. The van der Waals surface area contributed by atoms with Gasteiger partial charge >= 0.3 is 0 Å². The summed E-state index contributed by atoms with van der Waals surface area (Å²) < 4.78 is 0. The third-order valence-electron chi connectivity index (χ3n) is 3.34. The molecule has 0 bridgehead atoms. The Morgan fingerprint density at radius 3 is 1.85 bits per heavy atom. The molecule has 2 rings (SSSR count). The van der Waals surface area contributed by atoms with E-state index >= 15 is 0 Å². The van der Waals surface area contributed by atoms with Crippen molar-refractivity contribution in [3.05, 3.63) is 12.2 Å². The summed E-state index contributed by atoms with van der Waals surface area (Å²) in [6.07, 6.45) is -0.505. The predicted octanol–water partition coefficient (Wildman–Crippen LogP) is 2.06. The van der Waals surface area contributed by atoms with Crippen LogP contribution in [0.3, 0.4) is 0 Å². The van der Waals surface area contributed by atoms with E-state index in [1.54, 1.807) is 6.92 Å². The van der Waals surface area contributed by atoms with Crippen molar-refractivity contribution < 1.29 is 5.11 Å². The summed E-state index contributed by atoms with van der Waals surface area (Å²) in [7, 11) is 0. The van der Waals surface area contributed by atoms with Gasteiger partial charge in [-0.2, -0.15) is 9.97 Å². The fraction of sp³-hybridized carbons (Fsp3) is 0.529. The Balaban J connectivity index is 2.53. The number of anilines is 4. The molecule has 26 heavy (non-hydrogen) atoms. The van der Waals surface area contributed by atoms with Gasteiger partial charge in [-0.3, -0.25) is 0 Å². The number of nitrogens with one attached hydrogen (secondary N) is 4. The molecule has 0 saturated heterocycles. The van der Waals surface area contributed by atoms with E-state index in [0.29, 0.717) is 60.7 Å². The maximum atomic E-state index is 9.49. The van der Waals surface area contributed by atoms with Crippen molar-refractivity contribution in [2.24, 2.45) is 0 Å². The molecular weight excluding hydrogens is 332 g/mol. The van der Waals surface area contributed by atoms with Crippen LogP contribution in [0.5, 0.6) is 0 Å². The van der Waals surface area contributed by atoms with Gasteiger partial charge in [0.05, 0.1) is 6.10 Å². The molecule has 9 heteroatoms. The second-order valence-electron chi connectivity index (χ2n) is 6.09. The van der Waals surface area contributed by atoms with Crippen molar-refractivity contribution in [2.45, 2.75) is 33.8 Å². The van der Waals surface area contributed by atoms with E-state index in [2.05, 4.69) is 47.8 Å². The minimum Gasteiger partial charge on any atom is -0.392 e. The first kappa shape index (κ1) is 19.6. The van der Waals surface area contributed by atoms with E-state index < -0.39 is 6.10 Å². The largest absolute Gasteiger partial charge is 0.392 e. The zero-order valence-electron chi connectivity index (χ0n) is 15.8. The molecule has 0 aliphatic heterocycles. The summed E-state index contributed by atoms with van der Waals surface area (Å²) in [4.78, 5) is 18.1. The smallest absolute Gasteiger partial charge is 0.225 e. The SMILES string of the molecule is C=C(C)CNc1nc(NCC)c2nc(NC[C@H](C)O)nc(NCC)c2n1. The van der Waals surface area contributed by atoms with Crippen LogP contribution in [0.4, 0.5) is 23.5 Å². The minimum absolute atomic E-state index is 0.354. The topological polar surface area (TPSA) is 120 Å². The molecule has 142 valence electrons. The Bertz CT molecular complexity index is 762. The standard InChI is InChI=1S/C17H28N8O/c1-6-18-14-13-12(22-16(24-14)20-8-10(3)4)15(19-7-2)25-17(23-13)21-9-11(5)26/h11,26H,3,6-9H2,1-2,4-5H3,(H2,18,20,22,24)(H2,19,21,23,25)/t11-/m0/s1. The molecule has 0 aliphatic rings. The molecule has 0 fully saturated rings. The number of aliphatic hydroxyl groups is 1. The first-order chi connectivity index (χ1) is 12.4. The number of aliphatic hydroxyl groups excluding tert-OH is 1. The van der Waals surface area contributed by atoms with Gasteiger partial charge in [0.2, 0.25) is 11.9 Å². The number of hydrogen-bond donors (Lipinski definition) is 5. The Labute approximate surface area is 153 Å². The lowest BCUT2D eigenvalue weighted by atomic mass is 10.3. The number of fused-ring (bicyclic) bond motifs is 1. The molecular formula is C17H28N8O. The summed E-state index contributed by atoms with van der Waals surface area (Å²) >= 11 is 0. The average Bonchev–Trinajstić information content (AvgIpc) is 2.59. The first-order valence-corrected chi connectivity index (χ1v) is 8.82. The highest BCUT2D eigenvalue weighted by Crippen LogP contribution is 2.26. The van der Waals surface area contributed by atoms with E-state index in [9.17, 15) is 5.11 Å². The maximum absolute atomic E-state index is 9.49. The molecule has 0 saturated carbocycles. The lowest BCUT2D eigenvalue weighted by molar-refractivity contribution is 0.208. The van der Waals surface area contributed by atoms with Gasteiger partial charge in [-0.25, -0.2) is 9.97 Å². The van der Waals surface area contributed by atoms with E-state index in [4.69, 9.17) is 0 Å². The first-order valence-electron chi connectivity index (χ1n) is 8.82. The van der Waals surface area contributed by atoms with Crippen molar-refractivity contribution in [2.75, 3.05) is 47.4 Å². The van der Waals surface area contributed by atoms with Crippen LogP contribution in [0.2, 0.25) is 0 Å². The highest BCUT2D eigenvalue weighted by atomic mass is 16.3. The molecule has 0 aliphatic carbocycles. The predicted molar refractivity (Wildman–Crippen MR) is 107 cm³/mol. The van der Waals surface area contributed by atoms with Crippen molar-refractivity contribution in [3.63, 3.8) is 0 Å². The molecule has 0 unspecified atom stereocenters. The molecule has 0 aromatic carbocycles. The van der Waals surface area contributed by atoms with Crippen LogP contribution in [-0.2, 0) is 0 Å². The highest BCUT2D eigenvalue weighted by molar-refractivity contribution is 5.94. The van der Waals surface area contributed by atoms with E-state index in [-0.39, 0.29) is 0 Å². The number of nitrogens with zero attached hydrogens (tertiary/aromatic N) is 4. The maximum Gasteiger partial charge on any atom is 0.225 e. The Morgan fingerprint density at radius 2 is 1.42 bits per heavy atom. The molecule has 5 N–H and O–H groups in total. The van der Waals surface area contributed by atoms with Gasteiger partial charge < -0.3 is 26.4 Å². The van der Waals surface area contributed by atoms with Gasteiger partial charge in [-0.05, 0) is 27.7 Å². The zero-order chi connectivity index (χ0) is 19.1. The highest BCUT2D eigenvalue weighted by Gasteiger charge is 2.15. The summed E-state index contributed by atoms with van der Waals surface area (Å²) in [6, 6.07) is 0. The van der Waals surface area contributed by atoms with Crippen LogP contribution in [0, 0.1) is 0 Å². The number of aromatic nitrogens is 4. The van der Waals surface area contributed by atoms with Crippen molar-refractivity contribution >= 4 is 34.6 Å². The zero-order valence-corrected chi connectivity index (χ0v) is 15.8. The minimum atomic E-state index is -0.505. The van der Waals surface area contributed by atoms with Crippen LogP contribution >= 0.6 is 0 Å². The lowest BCUT2D eigenvalue weighted by Gasteiger charge is -2.15. The molecule has 0 radical (unpaired) electrons. The second kappa shape index (κ2) is 9.14. The molecule has 2 aromatic rings. The van der Waals surface area contributed by atoms with Crippen LogP contribution < -0.4 is 21.3 Å². The fourth-order valence-electron chi connectivity index (χ4n) is 2.22. The van der Waals surface area contributed by atoms with Gasteiger partial charge in [0, 0.05) is 26.2 Å². The number of rotatable bonds is 10. The van der Waals surface area contributed by atoms with Crippen molar-refractivity contribution in [1.29, 1.82) is 0 Å². The molecule has 9 nitrogen and oxygen atoms in total. The Hall–Kier alpha value is -2.68. The van der Waals surface area contributed by atoms with E-state index in [1.165, 1.54) is 0 Å². The summed E-state index contributed by atoms with van der Waals surface area (Å²) in [5.74, 6) is 2.15. The molecule has 2 heterocycles.